The van der Waals surface area contributed by atoms with Crippen molar-refractivity contribution in [2.24, 2.45) is 0 Å². The van der Waals surface area contributed by atoms with E-state index in [0.29, 0.717) is 10.6 Å². The molecular formula is C19H22ClN3O3. The largest absolute Gasteiger partial charge is 0.507 e. The zero-order chi connectivity index (χ0) is 19.1. The van der Waals surface area contributed by atoms with E-state index in [2.05, 4.69) is 29.6 Å². The van der Waals surface area contributed by atoms with Gasteiger partial charge in [0.15, 0.2) is 0 Å². The first-order valence-corrected chi connectivity index (χ1v) is 8.72. The number of phenolic OH excluding ortho intramolecular Hbond substituents is 1. The molecule has 2 aromatic rings. The van der Waals surface area contributed by atoms with Crippen LogP contribution in [0, 0.1) is 0 Å². The minimum atomic E-state index is -0.656. The van der Waals surface area contributed by atoms with Gasteiger partial charge in [-0.05, 0) is 49.0 Å². The van der Waals surface area contributed by atoms with Gasteiger partial charge in [-0.3, -0.25) is 25.3 Å². The Morgan fingerprint density at radius 2 is 1.62 bits per heavy atom. The van der Waals surface area contributed by atoms with E-state index >= 15 is 0 Å². The van der Waals surface area contributed by atoms with Crippen LogP contribution in [0.5, 0.6) is 5.75 Å². The molecule has 0 fully saturated rings. The molecule has 0 spiro atoms. The number of phenols is 1. The second-order valence-electron chi connectivity index (χ2n) is 5.73. The number of hydrogen-bond donors (Lipinski definition) is 3. The molecule has 0 bridgehead atoms. The molecule has 0 aliphatic carbocycles. The van der Waals surface area contributed by atoms with Crippen molar-refractivity contribution in [2.75, 3.05) is 13.1 Å². The van der Waals surface area contributed by atoms with Crippen molar-refractivity contribution >= 4 is 23.4 Å². The number of nitrogens with zero attached hydrogens (tertiary/aromatic N) is 1. The topological polar surface area (TPSA) is 81.7 Å². The molecule has 0 heterocycles. The van der Waals surface area contributed by atoms with E-state index in [4.69, 9.17) is 11.6 Å². The number of carbonyl (C=O) groups is 2. The third-order valence-corrected chi connectivity index (χ3v) is 4.24. The molecule has 6 nitrogen and oxygen atoms in total. The van der Waals surface area contributed by atoms with Crippen molar-refractivity contribution < 1.29 is 14.7 Å². The molecule has 2 amide bonds. The normalized spacial score (nSPS) is 10.6. The molecule has 0 aliphatic heterocycles. The van der Waals surface area contributed by atoms with Crippen molar-refractivity contribution in [3.63, 3.8) is 0 Å². The lowest BCUT2D eigenvalue weighted by atomic mass is 10.1. The fraction of sp³-hybridized carbons (Fsp3) is 0.263. The van der Waals surface area contributed by atoms with E-state index in [-0.39, 0.29) is 11.3 Å². The second kappa shape index (κ2) is 9.22. The standard InChI is InChI=1S/C19H22ClN3O3/c1-3-23(4-2)12-13-5-7-14(8-6-13)18(25)21-22-19(26)16-11-15(20)9-10-17(16)24/h5-11,24H,3-4,12H2,1-2H3,(H,21,25)(H,22,26). The monoisotopic (exact) mass is 375 g/mol. The smallest absolute Gasteiger partial charge is 0.273 e. The predicted molar refractivity (Wildman–Crippen MR) is 101 cm³/mol. The van der Waals surface area contributed by atoms with Crippen LogP contribution < -0.4 is 10.9 Å². The summed E-state index contributed by atoms with van der Waals surface area (Å²) >= 11 is 5.81. The van der Waals surface area contributed by atoms with Crippen LogP contribution in [0.15, 0.2) is 42.5 Å². The summed E-state index contributed by atoms with van der Waals surface area (Å²) in [6.07, 6.45) is 0. The molecule has 0 radical (unpaired) electrons. The molecule has 138 valence electrons. The van der Waals surface area contributed by atoms with Gasteiger partial charge in [0.05, 0.1) is 5.56 Å². The third kappa shape index (κ3) is 5.21. The summed E-state index contributed by atoms with van der Waals surface area (Å²) in [5.74, 6) is -1.33. The number of benzene rings is 2. The van der Waals surface area contributed by atoms with Gasteiger partial charge >= 0.3 is 0 Å². The maximum atomic E-state index is 12.2. The molecule has 2 aromatic carbocycles. The van der Waals surface area contributed by atoms with E-state index in [1.54, 1.807) is 12.1 Å². The Bertz CT molecular complexity index is 774. The van der Waals surface area contributed by atoms with Crippen LogP contribution in [0.2, 0.25) is 5.02 Å². The minimum absolute atomic E-state index is 0.0210. The Hall–Kier alpha value is -2.57. The summed E-state index contributed by atoms with van der Waals surface area (Å²) in [5, 5.41) is 10.0. The number of hydrazine groups is 1. The summed E-state index contributed by atoms with van der Waals surface area (Å²) in [7, 11) is 0. The number of carbonyl (C=O) groups excluding carboxylic acids is 2. The molecule has 0 saturated carbocycles. The number of amides is 2. The van der Waals surface area contributed by atoms with Crippen LogP contribution in [0.1, 0.15) is 40.1 Å². The molecule has 0 aliphatic rings. The third-order valence-electron chi connectivity index (χ3n) is 4.01. The Balaban J connectivity index is 1.95. The molecule has 0 atom stereocenters. The molecule has 2 rings (SSSR count). The van der Waals surface area contributed by atoms with Gasteiger partial charge in [-0.25, -0.2) is 0 Å². The summed E-state index contributed by atoms with van der Waals surface area (Å²) < 4.78 is 0. The number of nitrogens with one attached hydrogen (secondary N) is 2. The predicted octanol–water partition coefficient (Wildman–Crippen LogP) is 2.96. The van der Waals surface area contributed by atoms with Crippen LogP contribution in [0.4, 0.5) is 0 Å². The quantitative estimate of drug-likeness (QED) is 0.678. The summed E-state index contributed by atoms with van der Waals surface area (Å²) in [5.41, 5.74) is 6.10. The van der Waals surface area contributed by atoms with Crippen molar-refractivity contribution in [2.45, 2.75) is 20.4 Å². The molecule has 3 N–H and O–H groups in total. The Labute approximate surface area is 157 Å². The lowest BCUT2D eigenvalue weighted by Crippen LogP contribution is -2.41. The molecule has 0 saturated heterocycles. The maximum absolute atomic E-state index is 12.2. The number of rotatable bonds is 6. The van der Waals surface area contributed by atoms with E-state index < -0.39 is 11.8 Å². The van der Waals surface area contributed by atoms with Gasteiger partial charge in [-0.1, -0.05) is 37.6 Å². The van der Waals surface area contributed by atoms with Crippen LogP contribution in [0.25, 0.3) is 0 Å². The van der Waals surface area contributed by atoms with E-state index in [0.717, 1.165) is 25.2 Å². The van der Waals surface area contributed by atoms with Crippen LogP contribution in [0.3, 0.4) is 0 Å². The van der Waals surface area contributed by atoms with Crippen molar-refractivity contribution in [3.8, 4) is 5.75 Å². The average Bonchev–Trinajstić information content (AvgIpc) is 2.66. The fourth-order valence-corrected chi connectivity index (χ4v) is 2.58. The van der Waals surface area contributed by atoms with E-state index in [1.165, 1.54) is 18.2 Å². The van der Waals surface area contributed by atoms with E-state index in [9.17, 15) is 14.7 Å². The van der Waals surface area contributed by atoms with Gasteiger partial charge in [0.1, 0.15) is 5.75 Å². The van der Waals surface area contributed by atoms with Gasteiger partial charge in [0.2, 0.25) is 0 Å². The zero-order valence-electron chi connectivity index (χ0n) is 14.8. The highest BCUT2D eigenvalue weighted by molar-refractivity contribution is 6.31. The molecule has 0 unspecified atom stereocenters. The number of halogens is 1. The number of hydrogen-bond acceptors (Lipinski definition) is 4. The second-order valence-corrected chi connectivity index (χ2v) is 6.16. The molecule has 0 aromatic heterocycles. The van der Waals surface area contributed by atoms with Crippen LogP contribution in [-0.4, -0.2) is 34.9 Å². The zero-order valence-corrected chi connectivity index (χ0v) is 15.5. The number of aromatic hydroxyl groups is 1. The fourth-order valence-electron chi connectivity index (χ4n) is 2.41. The lowest BCUT2D eigenvalue weighted by Gasteiger charge is -2.18. The first kappa shape index (κ1) is 19.8. The van der Waals surface area contributed by atoms with Gasteiger partial charge in [-0.15, -0.1) is 0 Å². The Kier molecular flexibility index (Phi) is 7.00. The highest BCUT2D eigenvalue weighted by Crippen LogP contribution is 2.21. The van der Waals surface area contributed by atoms with Crippen LogP contribution in [-0.2, 0) is 6.54 Å². The van der Waals surface area contributed by atoms with Gasteiger partial charge in [0.25, 0.3) is 11.8 Å². The highest BCUT2D eigenvalue weighted by atomic mass is 35.5. The summed E-state index contributed by atoms with van der Waals surface area (Å²) in [6.45, 7) is 6.94. The van der Waals surface area contributed by atoms with Crippen LogP contribution >= 0.6 is 11.6 Å². The van der Waals surface area contributed by atoms with Crippen molar-refractivity contribution in [1.29, 1.82) is 0 Å². The highest BCUT2D eigenvalue weighted by Gasteiger charge is 2.13. The van der Waals surface area contributed by atoms with Crippen molar-refractivity contribution in [1.82, 2.24) is 15.8 Å². The Morgan fingerprint density at radius 1 is 1.00 bits per heavy atom. The molecule has 26 heavy (non-hydrogen) atoms. The summed E-state index contributed by atoms with van der Waals surface area (Å²) in [6, 6.07) is 11.3. The average molecular weight is 376 g/mol. The van der Waals surface area contributed by atoms with E-state index in [1.807, 2.05) is 12.1 Å². The Morgan fingerprint density at radius 3 is 2.23 bits per heavy atom. The molecule has 7 heteroatoms. The van der Waals surface area contributed by atoms with Gasteiger partial charge < -0.3 is 5.11 Å². The maximum Gasteiger partial charge on any atom is 0.273 e. The van der Waals surface area contributed by atoms with Gasteiger partial charge in [0, 0.05) is 17.1 Å². The lowest BCUT2D eigenvalue weighted by molar-refractivity contribution is 0.0845. The minimum Gasteiger partial charge on any atom is -0.507 e. The summed E-state index contributed by atoms with van der Waals surface area (Å²) in [4.78, 5) is 26.5. The molecular weight excluding hydrogens is 354 g/mol. The first-order chi connectivity index (χ1) is 12.4. The SMILES string of the molecule is CCN(CC)Cc1ccc(C(=O)NNC(=O)c2cc(Cl)ccc2O)cc1. The van der Waals surface area contributed by atoms with Crippen molar-refractivity contribution in [3.05, 3.63) is 64.2 Å². The van der Waals surface area contributed by atoms with Gasteiger partial charge in [-0.2, -0.15) is 0 Å². The first-order valence-electron chi connectivity index (χ1n) is 8.35.